The van der Waals surface area contributed by atoms with Crippen LogP contribution in [0, 0.1) is 0 Å². The van der Waals surface area contributed by atoms with E-state index in [9.17, 15) is 0 Å². The first-order valence-electron chi connectivity index (χ1n) is 4.26. The van der Waals surface area contributed by atoms with Crippen LogP contribution in [-0.2, 0) is 0 Å². The van der Waals surface area contributed by atoms with Crippen molar-refractivity contribution in [2.24, 2.45) is 0 Å². The lowest BCUT2D eigenvalue weighted by Crippen LogP contribution is -2.05. The van der Waals surface area contributed by atoms with Crippen LogP contribution in [0.3, 0.4) is 0 Å². The summed E-state index contributed by atoms with van der Waals surface area (Å²) in [7, 11) is 0. The number of anilines is 2. The van der Waals surface area contributed by atoms with Gasteiger partial charge in [0.05, 0.1) is 11.9 Å². The van der Waals surface area contributed by atoms with Gasteiger partial charge in [0.15, 0.2) is 5.82 Å². The summed E-state index contributed by atoms with van der Waals surface area (Å²) in [5.41, 5.74) is 6.00. The molecule has 0 spiro atoms. The number of unbranched alkanes of at least 4 members (excludes halogenated alkanes) is 1. The minimum atomic E-state index is 0.450. The molecular formula is C8H13ClN4. The van der Waals surface area contributed by atoms with E-state index < -0.39 is 0 Å². The van der Waals surface area contributed by atoms with Crippen LogP contribution in [0.1, 0.15) is 19.8 Å². The molecule has 1 aromatic rings. The van der Waals surface area contributed by atoms with Gasteiger partial charge in [-0.15, -0.1) is 5.10 Å². The molecule has 0 atom stereocenters. The predicted octanol–water partition coefficient (Wildman–Crippen LogP) is 1.92. The standard InChI is InChI=1S/C8H13ClN4/c1-2-3-4-11-8-7(9)6(10)5-12-13-8/h5H,2-4H2,1H3,(H3,10,11,13). The van der Waals surface area contributed by atoms with E-state index in [1.54, 1.807) is 0 Å². The first-order valence-corrected chi connectivity index (χ1v) is 4.64. The Morgan fingerprint density at radius 2 is 2.38 bits per heavy atom. The van der Waals surface area contributed by atoms with Crippen molar-refractivity contribution in [2.75, 3.05) is 17.6 Å². The van der Waals surface area contributed by atoms with Crippen molar-refractivity contribution in [1.82, 2.24) is 10.2 Å². The van der Waals surface area contributed by atoms with Crippen LogP contribution in [0.25, 0.3) is 0 Å². The van der Waals surface area contributed by atoms with Crippen LogP contribution in [0.2, 0.25) is 5.02 Å². The van der Waals surface area contributed by atoms with Crippen molar-refractivity contribution in [3.63, 3.8) is 0 Å². The van der Waals surface area contributed by atoms with Crippen molar-refractivity contribution >= 4 is 23.1 Å². The molecule has 0 aliphatic carbocycles. The molecule has 13 heavy (non-hydrogen) atoms. The third kappa shape index (κ3) is 2.73. The minimum Gasteiger partial charge on any atom is -0.396 e. The Hall–Kier alpha value is -1.03. The summed E-state index contributed by atoms with van der Waals surface area (Å²) in [5, 5.41) is 11.1. The van der Waals surface area contributed by atoms with E-state index in [0.29, 0.717) is 16.5 Å². The van der Waals surface area contributed by atoms with Gasteiger partial charge in [0.2, 0.25) is 0 Å². The van der Waals surface area contributed by atoms with Crippen molar-refractivity contribution in [3.05, 3.63) is 11.2 Å². The Bertz CT molecular complexity index is 277. The molecule has 0 bridgehead atoms. The number of nitrogens with one attached hydrogen (secondary N) is 1. The van der Waals surface area contributed by atoms with E-state index in [1.165, 1.54) is 6.20 Å². The quantitative estimate of drug-likeness (QED) is 0.729. The smallest absolute Gasteiger partial charge is 0.169 e. The molecule has 3 N–H and O–H groups in total. The van der Waals surface area contributed by atoms with Gasteiger partial charge in [0.1, 0.15) is 5.02 Å². The highest BCUT2D eigenvalue weighted by Gasteiger charge is 2.04. The van der Waals surface area contributed by atoms with Gasteiger partial charge in [-0.05, 0) is 6.42 Å². The highest BCUT2D eigenvalue weighted by atomic mass is 35.5. The van der Waals surface area contributed by atoms with E-state index in [0.717, 1.165) is 19.4 Å². The van der Waals surface area contributed by atoms with Gasteiger partial charge < -0.3 is 11.1 Å². The molecule has 72 valence electrons. The number of rotatable bonds is 4. The second kappa shape index (κ2) is 4.87. The first-order chi connectivity index (χ1) is 6.25. The maximum atomic E-state index is 5.88. The zero-order valence-electron chi connectivity index (χ0n) is 7.55. The summed E-state index contributed by atoms with van der Waals surface area (Å²) < 4.78 is 0. The summed E-state index contributed by atoms with van der Waals surface area (Å²) in [6.45, 7) is 2.96. The lowest BCUT2D eigenvalue weighted by molar-refractivity contribution is 0.827. The van der Waals surface area contributed by atoms with Crippen LogP contribution in [0.4, 0.5) is 11.5 Å². The van der Waals surface area contributed by atoms with Crippen LogP contribution in [-0.4, -0.2) is 16.7 Å². The summed E-state index contributed by atoms with van der Waals surface area (Å²) >= 11 is 5.88. The summed E-state index contributed by atoms with van der Waals surface area (Å²) in [6, 6.07) is 0. The Labute approximate surface area is 82.5 Å². The Morgan fingerprint density at radius 1 is 1.62 bits per heavy atom. The largest absolute Gasteiger partial charge is 0.396 e. The number of halogens is 1. The second-order valence-corrected chi connectivity index (χ2v) is 3.12. The SMILES string of the molecule is CCCCNc1nncc(N)c1Cl. The first kappa shape index (κ1) is 10.1. The molecule has 5 heteroatoms. The van der Waals surface area contributed by atoms with Crippen molar-refractivity contribution < 1.29 is 0 Å². The fourth-order valence-electron chi connectivity index (χ4n) is 0.883. The van der Waals surface area contributed by atoms with Crippen molar-refractivity contribution in [2.45, 2.75) is 19.8 Å². The third-order valence-electron chi connectivity index (χ3n) is 1.64. The number of hydrogen-bond donors (Lipinski definition) is 2. The van der Waals surface area contributed by atoms with E-state index in [4.69, 9.17) is 17.3 Å². The highest BCUT2D eigenvalue weighted by molar-refractivity contribution is 6.35. The van der Waals surface area contributed by atoms with E-state index in [-0.39, 0.29) is 0 Å². The van der Waals surface area contributed by atoms with Crippen LogP contribution >= 0.6 is 11.6 Å². The van der Waals surface area contributed by atoms with Crippen molar-refractivity contribution in [1.29, 1.82) is 0 Å². The van der Waals surface area contributed by atoms with Crippen LogP contribution < -0.4 is 11.1 Å². The minimum absolute atomic E-state index is 0.450. The van der Waals surface area contributed by atoms with Gasteiger partial charge in [-0.1, -0.05) is 24.9 Å². The predicted molar refractivity (Wildman–Crippen MR) is 54.9 cm³/mol. The molecule has 0 aromatic carbocycles. The molecule has 0 saturated carbocycles. The Kier molecular flexibility index (Phi) is 3.76. The van der Waals surface area contributed by atoms with E-state index in [1.807, 2.05) is 0 Å². The molecule has 0 unspecified atom stereocenters. The maximum Gasteiger partial charge on any atom is 0.169 e. The van der Waals surface area contributed by atoms with Gasteiger partial charge in [-0.25, -0.2) is 0 Å². The number of aromatic nitrogens is 2. The normalized spacial score (nSPS) is 10.0. The number of hydrogen-bond acceptors (Lipinski definition) is 4. The average molecular weight is 201 g/mol. The summed E-state index contributed by atoms with van der Waals surface area (Å²) in [6.07, 6.45) is 3.64. The lowest BCUT2D eigenvalue weighted by atomic mass is 10.3. The Balaban J connectivity index is 2.61. The van der Waals surface area contributed by atoms with Gasteiger partial charge in [0.25, 0.3) is 0 Å². The average Bonchev–Trinajstić information content (AvgIpc) is 2.13. The number of nitrogens with two attached hydrogens (primary N) is 1. The molecule has 0 fully saturated rings. The Morgan fingerprint density at radius 3 is 3.08 bits per heavy atom. The molecule has 0 amide bonds. The van der Waals surface area contributed by atoms with Crippen LogP contribution in [0.5, 0.6) is 0 Å². The fourth-order valence-corrected chi connectivity index (χ4v) is 1.04. The third-order valence-corrected chi connectivity index (χ3v) is 2.04. The lowest BCUT2D eigenvalue weighted by Gasteiger charge is -2.06. The topological polar surface area (TPSA) is 63.8 Å². The monoisotopic (exact) mass is 200 g/mol. The van der Waals surface area contributed by atoms with E-state index in [2.05, 4.69) is 22.4 Å². The summed E-state index contributed by atoms with van der Waals surface area (Å²) in [5.74, 6) is 0.565. The van der Waals surface area contributed by atoms with Gasteiger partial charge in [-0.3, -0.25) is 0 Å². The number of nitrogen functional groups attached to an aromatic ring is 1. The molecule has 1 aromatic heterocycles. The maximum absolute atomic E-state index is 5.88. The zero-order valence-corrected chi connectivity index (χ0v) is 8.30. The number of nitrogens with zero attached hydrogens (tertiary/aromatic N) is 2. The molecule has 0 saturated heterocycles. The zero-order chi connectivity index (χ0) is 9.68. The van der Waals surface area contributed by atoms with Gasteiger partial charge >= 0.3 is 0 Å². The molecule has 1 rings (SSSR count). The fraction of sp³-hybridized carbons (Fsp3) is 0.500. The van der Waals surface area contributed by atoms with Crippen molar-refractivity contribution in [3.8, 4) is 0 Å². The molecular weight excluding hydrogens is 188 g/mol. The second-order valence-electron chi connectivity index (χ2n) is 2.74. The highest BCUT2D eigenvalue weighted by Crippen LogP contribution is 2.23. The molecule has 0 aliphatic heterocycles. The van der Waals surface area contributed by atoms with Gasteiger partial charge in [-0.2, -0.15) is 5.10 Å². The van der Waals surface area contributed by atoms with E-state index >= 15 is 0 Å². The van der Waals surface area contributed by atoms with Crippen LogP contribution in [0.15, 0.2) is 6.20 Å². The molecule has 4 nitrogen and oxygen atoms in total. The summed E-state index contributed by atoms with van der Waals surface area (Å²) in [4.78, 5) is 0. The molecule has 0 aliphatic rings. The van der Waals surface area contributed by atoms with Gasteiger partial charge in [0, 0.05) is 6.54 Å². The molecule has 0 radical (unpaired) electrons. The molecule has 1 heterocycles.